The number of carbonyl (C=O) groups excluding carboxylic acids is 2. The number of urea groups is 1. The summed E-state index contributed by atoms with van der Waals surface area (Å²) in [4.78, 5) is 28.6. The van der Waals surface area contributed by atoms with Gasteiger partial charge in [-0.25, -0.2) is 9.69 Å². The molecule has 1 aliphatic heterocycles. The maximum atomic E-state index is 12.6. The average Bonchev–Trinajstić information content (AvgIpc) is 2.49. The zero-order valence-corrected chi connectivity index (χ0v) is 12.0. The van der Waals surface area contributed by atoms with E-state index in [0.29, 0.717) is 12.2 Å². The van der Waals surface area contributed by atoms with Crippen molar-refractivity contribution >= 4 is 18.1 Å². The molecule has 0 aromatic heterocycles. The highest BCUT2D eigenvalue weighted by molar-refractivity contribution is 6.06. The van der Waals surface area contributed by atoms with Gasteiger partial charge in [-0.3, -0.25) is 9.69 Å². The van der Waals surface area contributed by atoms with Crippen LogP contribution in [0.5, 0.6) is 0 Å². The lowest BCUT2D eigenvalue weighted by Crippen LogP contribution is -2.55. The molecule has 1 fully saturated rings. The van der Waals surface area contributed by atoms with E-state index in [4.69, 9.17) is 0 Å². The SMILES string of the molecule is CN(C)C1CCCCN1C(=O)N([C]=O)c1ccccc1. The van der Waals surface area contributed by atoms with Gasteiger partial charge in [0, 0.05) is 6.54 Å². The summed E-state index contributed by atoms with van der Waals surface area (Å²) in [6, 6.07) is 8.61. The summed E-state index contributed by atoms with van der Waals surface area (Å²) in [6.07, 6.45) is 4.79. The molecule has 1 radical (unpaired) electrons. The molecule has 1 unspecified atom stereocenters. The Morgan fingerprint density at radius 2 is 1.95 bits per heavy atom. The summed E-state index contributed by atoms with van der Waals surface area (Å²) in [5.74, 6) is 0. The second kappa shape index (κ2) is 6.52. The molecule has 1 heterocycles. The summed E-state index contributed by atoms with van der Waals surface area (Å²) >= 11 is 0. The Balaban J connectivity index is 2.21. The molecule has 0 aliphatic carbocycles. The molecule has 2 rings (SSSR count). The first-order chi connectivity index (χ1) is 9.65. The van der Waals surface area contributed by atoms with Crippen molar-refractivity contribution in [2.75, 3.05) is 25.5 Å². The first-order valence-electron chi connectivity index (χ1n) is 6.85. The number of hydrogen-bond donors (Lipinski definition) is 0. The highest BCUT2D eigenvalue weighted by Gasteiger charge is 2.32. The number of benzene rings is 1. The highest BCUT2D eigenvalue weighted by atomic mass is 16.2. The molecule has 5 nitrogen and oxygen atoms in total. The predicted molar refractivity (Wildman–Crippen MR) is 78.0 cm³/mol. The normalized spacial score (nSPS) is 18.9. The van der Waals surface area contributed by atoms with Crippen molar-refractivity contribution in [2.24, 2.45) is 0 Å². The van der Waals surface area contributed by atoms with E-state index in [2.05, 4.69) is 0 Å². The molecule has 1 atom stereocenters. The summed E-state index contributed by atoms with van der Waals surface area (Å²) in [7, 11) is 3.90. The third-order valence-electron chi connectivity index (χ3n) is 3.61. The number of amides is 3. The van der Waals surface area contributed by atoms with Crippen molar-refractivity contribution < 1.29 is 9.59 Å². The number of likely N-dealkylation sites (tertiary alicyclic amines) is 1. The Bertz CT molecular complexity index is 461. The quantitative estimate of drug-likeness (QED) is 0.792. The van der Waals surface area contributed by atoms with E-state index in [0.717, 1.165) is 24.2 Å². The number of carbonyl (C=O) groups is 1. The molecule has 1 aromatic carbocycles. The third kappa shape index (κ3) is 2.99. The topological polar surface area (TPSA) is 43.9 Å². The molecule has 5 heteroatoms. The van der Waals surface area contributed by atoms with Crippen LogP contribution in [0.4, 0.5) is 10.5 Å². The van der Waals surface area contributed by atoms with Gasteiger partial charge in [0.25, 0.3) is 0 Å². The first-order valence-corrected chi connectivity index (χ1v) is 6.85. The monoisotopic (exact) mass is 274 g/mol. The van der Waals surface area contributed by atoms with E-state index < -0.39 is 0 Å². The minimum absolute atomic E-state index is 0.0378. The van der Waals surface area contributed by atoms with Gasteiger partial charge < -0.3 is 4.90 Å². The van der Waals surface area contributed by atoms with Gasteiger partial charge in [0.1, 0.15) is 0 Å². The van der Waals surface area contributed by atoms with E-state index in [1.807, 2.05) is 25.1 Å². The Morgan fingerprint density at radius 3 is 2.55 bits per heavy atom. The number of imide groups is 1. The lowest BCUT2D eigenvalue weighted by atomic mass is 10.1. The summed E-state index contributed by atoms with van der Waals surface area (Å²) in [6.45, 7) is 0.673. The minimum Gasteiger partial charge on any atom is -0.308 e. The lowest BCUT2D eigenvalue weighted by Gasteiger charge is -2.40. The molecular formula is C15H20N3O2. The van der Waals surface area contributed by atoms with Crippen molar-refractivity contribution in [1.29, 1.82) is 0 Å². The van der Waals surface area contributed by atoms with Crippen molar-refractivity contribution in [2.45, 2.75) is 25.4 Å². The molecule has 0 N–H and O–H groups in total. The number of rotatable bonds is 3. The lowest BCUT2D eigenvalue weighted by molar-refractivity contribution is 0.0758. The first kappa shape index (κ1) is 14.5. The van der Waals surface area contributed by atoms with Crippen molar-refractivity contribution in [3.05, 3.63) is 30.3 Å². The summed E-state index contributed by atoms with van der Waals surface area (Å²) in [5.41, 5.74) is 0.551. The van der Waals surface area contributed by atoms with E-state index in [9.17, 15) is 9.59 Å². The molecule has 20 heavy (non-hydrogen) atoms. The molecule has 1 aromatic rings. The summed E-state index contributed by atoms with van der Waals surface area (Å²) in [5, 5.41) is 0. The Labute approximate surface area is 119 Å². The van der Waals surface area contributed by atoms with Crippen LogP contribution in [0.3, 0.4) is 0 Å². The highest BCUT2D eigenvalue weighted by Crippen LogP contribution is 2.22. The van der Waals surface area contributed by atoms with Gasteiger partial charge in [0.15, 0.2) is 0 Å². The second-order valence-corrected chi connectivity index (χ2v) is 5.18. The molecule has 107 valence electrons. The van der Waals surface area contributed by atoms with Gasteiger partial charge in [-0.05, 0) is 45.5 Å². The van der Waals surface area contributed by atoms with Crippen molar-refractivity contribution in [3.8, 4) is 0 Å². The molecule has 1 aliphatic rings. The fourth-order valence-electron chi connectivity index (χ4n) is 2.58. The fourth-order valence-corrected chi connectivity index (χ4v) is 2.58. The van der Waals surface area contributed by atoms with Crippen LogP contribution in [0.25, 0.3) is 0 Å². The Kier molecular flexibility index (Phi) is 4.74. The molecular weight excluding hydrogens is 254 g/mol. The smallest absolute Gasteiger partial charge is 0.308 e. The van der Waals surface area contributed by atoms with E-state index in [-0.39, 0.29) is 12.2 Å². The van der Waals surface area contributed by atoms with Crippen LogP contribution in [-0.2, 0) is 4.79 Å². The van der Waals surface area contributed by atoms with Crippen LogP contribution in [0.15, 0.2) is 30.3 Å². The standard InChI is InChI=1S/C15H20N3O2/c1-16(2)14-10-6-7-11-17(14)15(20)18(12-19)13-8-4-3-5-9-13/h3-5,8-9,14H,6-7,10-11H2,1-2H3. The molecule has 0 bridgehead atoms. The van der Waals surface area contributed by atoms with Crippen LogP contribution >= 0.6 is 0 Å². The van der Waals surface area contributed by atoms with Gasteiger partial charge in [0.05, 0.1) is 11.9 Å². The fraction of sp³-hybridized carbons (Fsp3) is 0.467. The maximum absolute atomic E-state index is 12.6. The number of anilines is 1. The largest absolute Gasteiger partial charge is 0.333 e. The number of nitrogens with zero attached hydrogens (tertiary/aromatic N) is 3. The Hall–Kier alpha value is -1.88. The minimum atomic E-state index is -0.301. The number of para-hydroxylation sites is 1. The van der Waals surface area contributed by atoms with Crippen LogP contribution in [0.1, 0.15) is 19.3 Å². The van der Waals surface area contributed by atoms with Gasteiger partial charge in [-0.15, -0.1) is 0 Å². The average molecular weight is 274 g/mol. The van der Waals surface area contributed by atoms with Gasteiger partial charge in [-0.2, -0.15) is 0 Å². The molecule has 3 amide bonds. The van der Waals surface area contributed by atoms with Crippen LogP contribution in [0, 0.1) is 0 Å². The predicted octanol–water partition coefficient (Wildman–Crippen LogP) is 2.05. The third-order valence-corrected chi connectivity index (χ3v) is 3.61. The summed E-state index contributed by atoms with van der Waals surface area (Å²) < 4.78 is 0. The number of hydrogen-bond acceptors (Lipinski definition) is 3. The number of piperidine rings is 1. The van der Waals surface area contributed by atoms with Crippen LogP contribution in [0.2, 0.25) is 0 Å². The van der Waals surface area contributed by atoms with Crippen LogP contribution in [-0.4, -0.2) is 49.0 Å². The van der Waals surface area contributed by atoms with Gasteiger partial charge in [-0.1, -0.05) is 18.2 Å². The van der Waals surface area contributed by atoms with Crippen molar-refractivity contribution in [3.63, 3.8) is 0 Å². The van der Waals surface area contributed by atoms with Crippen LogP contribution < -0.4 is 4.90 Å². The second-order valence-electron chi connectivity index (χ2n) is 5.18. The van der Waals surface area contributed by atoms with E-state index in [1.54, 1.807) is 35.6 Å². The molecule has 0 spiro atoms. The zero-order valence-electron chi connectivity index (χ0n) is 12.0. The molecule has 1 saturated heterocycles. The van der Waals surface area contributed by atoms with E-state index in [1.165, 1.54) is 0 Å². The molecule has 0 saturated carbocycles. The van der Waals surface area contributed by atoms with Crippen molar-refractivity contribution in [1.82, 2.24) is 9.80 Å². The zero-order chi connectivity index (χ0) is 14.5. The maximum Gasteiger partial charge on any atom is 0.333 e. The van der Waals surface area contributed by atoms with Gasteiger partial charge in [0.2, 0.25) is 0 Å². The Morgan fingerprint density at radius 1 is 1.25 bits per heavy atom. The van der Waals surface area contributed by atoms with Gasteiger partial charge >= 0.3 is 12.4 Å². The van der Waals surface area contributed by atoms with E-state index >= 15 is 0 Å².